The van der Waals surface area contributed by atoms with Gasteiger partial charge in [-0.1, -0.05) is 6.92 Å². The molecule has 0 aliphatic carbocycles. The highest BCUT2D eigenvalue weighted by atomic mass is 16.3. The fourth-order valence-electron chi connectivity index (χ4n) is 1.96. The van der Waals surface area contributed by atoms with E-state index < -0.39 is 5.60 Å². The third kappa shape index (κ3) is 6.16. The molecule has 1 aromatic heterocycles. The first-order chi connectivity index (χ1) is 8.73. The molecule has 0 aliphatic heterocycles. The number of hydrogen-bond donors (Lipinski definition) is 2. The van der Waals surface area contributed by atoms with Gasteiger partial charge in [-0.25, -0.2) is 4.98 Å². The monoisotopic (exact) mass is 268 g/mol. The van der Waals surface area contributed by atoms with E-state index in [4.69, 9.17) is 0 Å². The zero-order valence-corrected chi connectivity index (χ0v) is 12.9. The summed E-state index contributed by atoms with van der Waals surface area (Å²) in [6.45, 7) is 12.0. The van der Waals surface area contributed by atoms with Crippen LogP contribution < -0.4 is 5.32 Å². The SMILES string of the molecule is CCCn1ncnc1CC(C)(O)CCNC(C)(C)C. The van der Waals surface area contributed by atoms with Crippen LogP contribution >= 0.6 is 0 Å². The van der Waals surface area contributed by atoms with Crippen LogP contribution in [0.1, 0.15) is 53.3 Å². The van der Waals surface area contributed by atoms with Gasteiger partial charge in [-0.15, -0.1) is 0 Å². The average molecular weight is 268 g/mol. The molecule has 2 N–H and O–H groups in total. The van der Waals surface area contributed by atoms with Crippen molar-refractivity contribution < 1.29 is 5.11 Å². The smallest absolute Gasteiger partial charge is 0.138 e. The van der Waals surface area contributed by atoms with Crippen LogP contribution in [0.4, 0.5) is 0 Å². The molecule has 0 saturated carbocycles. The first-order valence-electron chi connectivity index (χ1n) is 7.07. The zero-order chi connectivity index (χ0) is 14.5. The van der Waals surface area contributed by atoms with Gasteiger partial charge in [0, 0.05) is 18.5 Å². The van der Waals surface area contributed by atoms with Crippen LogP contribution in [-0.2, 0) is 13.0 Å². The highest BCUT2D eigenvalue weighted by Gasteiger charge is 2.24. The van der Waals surface area contributed by atoms with Gasteiger partial charge in [0.25, 0.3) is 0 Å². The molecule has 0 amide bonds. The van der Waals surface area contributed by atoms with Crippen LogP contribution in [0, 0.1) is 0 Å². The van der Waals surface area contributed by atoms with Gasteiger partial charge in [0.15, 0.2) is 0 Å². The first-order valence-corrected chi connectivity index (χ1v) is 7.07. The molecule has 110 valence electrons. The molecule has 1 unspecified atom stereocenters. The van der Waals surface area contributed by atoms with Gasteiger partial charge >= 0.3 is 0 Å². The summed E-state index contributed by atoms with van der Waals surface area (Å²) in [5.41, 5.74) is -0.672. The highest BCUT2D eigenvalue weighted by Crippen LogP contribution is 2.15. The Kier molecular flexibility index (Phi) is 5.50. The summed E-state index contributed by atoms with van der Waals surface area (Å²) in [7, 11) is 0. The van der Waals surface area contributed by atoms with E-state index in [0.717, 1.165) is 25.3 Å². The Morgan fingerprint density at radius 2 is 2.00 bits per heavy atom. The number of aromatic nitrogens is 3. The fraction of sp³-hybridized carbons (Fsp3) is 0.857. The number of nitrogens with one attached hydrogen (secondary N) is 1. The second-order valence-corrected chi connectivity index (χ2v) is 6.50. The van der Waals surface area contributed by atoms with Crippen molar-refractivity contribution in [3.8, 4) is 0 Å². The number of nitrogens with zero attached hydrogens (tertiary/aromatic N) is 3. The molecule has 0 aliphatic rings. The molecule has 1 rings (SSSR count). The highest BCUT2D eigenvalue weighted by molar-refractivity contribution is 4.93. The Bertz CT molecular complexity index is 379. The largest absolute Gasteiger partial charge is 0.390 e. The van der Waals surface area contributed by atoms with E-state index in [1.807, 2.05) is 11.6 Å². The van der Waals surface area contributed by atoms with Crippen molar-refractivity contribution in [2.75, 3.05) is 6.54 Å². The van der Waals surface area contributed by atoms with E-state index in [2.05, 4.69) is 43.1 Å². The normalized spacial score (nSPS) is 15.5. The molecule has 1 atom stereocenters. The van der Waals surface area contributed by atoms with E-state index in [1.54, 1.807) is 6.33 Å². The average Bonchev–Trinajstić information content (AvgIpc) is 2.63. The minimum absolute atomic E-state index is 0.0817. The van der Waals surface area contributed by atoms with E-state index in [-0.39, 0.29) is 5.54 Å². The molecular weight excluding hydrogens is 240 g/mol. The molecule has 0 aromatic carbocycles. The zero-order valence-electron chi connectivity index (χ0n) is 12.9. The molecule has 0 spiro atoms. The first kappa shape index (κ1) is 16.1. The van der Waals surface area contributed by atoms with Crippen molar-refractivity contribution in [2.24, 2.45) is 0 Å². The predicted octanol–water partition coefficient (Wildman–Crippen LogP) is 1.76. The molecule has 0 fully saturated rings. The number of hydrogen-bond acceptors (Lipinski definition) is 4. The Balaban J connectivity index is 2.51. The summed E-state index contributed by atoms with van der Waals surface area (Å²) in [6.07, 6.45) is 3.82. The van der Waals surface area contributed by atoms with Gasteiger partial charge in [0.1, 0.15) is 12.2 Å². The number of rotatable bonds is 7. The lowest BCUT2D eigenvalue weighted by molar-refractivity contribution is 0.0468. The maximum atomic E-state index is 10.5. The summed E-state index contributed by atoms with van der Waals surface area (Å²) < 4.78 is 1.88. The lowest BCUT2D eigenvalue weighted by Crippen LogP contribution is -2.40. The molecule has 19 heavy (non-hydrogen) atoms. The Morgan fingerprint density at radius 3 is 2.58 bits per heavy atom. The van der Waals surface area contributed by atoms with Crippen LogP contribution in [0.25, 0.3) is 0 Å². The lowest BCUT2D eigenvalue weighted by atomic mass is 9.97. The van der Waals surface area contributed by atoms with Gasteiger partial charge in [-0.05, 0) is 47.1 Å². The van der Waals surface area contributed by atoms with Crippen molar-refractivity contribution in [1.82, 2.24) is 20.1 Å². The molecule has 0 bridgehead atoms. The van der Waals surface area contributed by atoms with Gasteiger partial charge in [0.2, 0.25) is 0 Å². The third-order valence-corrected chi connectivity index (χ3v) is 2.99. The molecule has 0 radical (unpaired) electrons. The quantitative estimate of drug-likeness (QED) is 0.791. The summed E-state index contributed by atoms with van der Waals surface area (Å²) in [5, 5.41) is 18.0. The van der Waals surface area contributed by atoms with Crippen molar-refractivity contribution in [1.29, 1.82) is 0 Å². The van der Waals surface area contributed by atoms with Crippen LogP contribution in [0.5, 0.6) is 0 Å². The third-order valence-electron chi connectivity index (χ3n) is 2.99. The van der Waals surface area contributed by atoms with Gasteiger partial charge in [0.05, 0.1) is 5.60 Å². The molecule has 1 aromatic rings. The van der Waals surface area contributed by atoms with Crippen molar-refractivity contribution in [3.63, 3.8) is 0 Å². The lowest BCUT2D eigenvalue weighted by Gasteiger charge is -2.26. The van der Waals surface area contributed by atoms with Crippen molar-refractivity contribution in [3.05, 3.63) is 12.2 Å². The predicted molar refractivity (Wildman–Crippen MR) is 77.0 cm³/mol. The second kappa shape index (κ2) is 6.48. The van der Waals surface area contributed by atoms with Gasteiger partial charge < -0.3 is 10.4 Å². The van der Waals surface area contributed by atoms with Gasteiger partial charge in [-0.3, -0.25) is 4.68 Å². The van der Waals surface area contributed by atoms with Crippen molar-refractivity contribution in [2.45, 2.75) is 71.6 Å². The van der Waals surface area contributed by atoms with E-state index in [0.29, 0.717) is 12.8 Å². The fourth-order valence-corrected chi connectivity index (χ4v) is 1.96. The number of aliphatic hydroxyl groups is 1. The summed E-state index contributed by atoms with van der Waals surface area (Å²) in [5.74, 6) is 0.864. The molecule has 0 saturated heterocycles. The van der Waals surface area contributed by atoms with E-state index in [1.165, 1.54) is 0 Å². The maximum Gasteiger partial charge on any atom is 0.138 e. The van der Waals surface area contributed by atoms with Crippen LogP contribution in [-0.4, -0.2) is 37.6 Å². The summed E-state index contributed by atoms with van der Waals surface area (Å²) >= 11 is 0. The summed E-state index contributed by atoms with van der Waals surface area (Å²) in [4.78, 5) is 4.25. The molecule has 5 nitrogen and oxygen atoms in total. The minimum atomic E-state index is -0.753. The second-order valence-electron chi connectivity index (χ2n) is 6.50. The minimum Gasteiger partial charge on any atom is -0.390 e. The van der Waals surface area contributed by atoms with Crippen molar-refractivity contribution >= 4 is 0 Å². The number of aryl methyl sites for hydroxylation is 1. The topological polar surface area (TPSA) is 63.0 Å². The van der Waals surface area contributed by atoms with Crippen LogP contribution in [0.3, 0.4) is 0 Å². The van der Waals surface area contributed by atoms with Gasteiger partial charge in [-0.2, -0.15) is 5.10 Å². The molecular formula is C14H28N4O. The maximum absolute atomic E-state index is 10.5. The van der Waals surface area contributed by atoms with E-state index in [9.17, 15) is 5.11 Å². The molecule has 5 heteroatoms. The van der Waals surface area contributed by atoms with E-state index >= 15 is 0 Å². The van der Waals surface area contributed by atoms with Crippen LogP contribution in [0.15, 0.2) is 6.33 Å². The Morgan fingerprint density at radius 1 is 1.32 bits per heavy atom. The Labute approximate surface area is 116 Å². The summed E-state index contributed by atoms with van der Waals surface area (Å²) in [6, 6.07) is 0. The van der Waals surface area contributed by atoms with Crippen LogP contribution in [0.2, 0.25) is 0 Å². The molecule has 1 heterocycles. The standard InChI is InChI=1S/C14H28N4O/c1-6-9-18-12(15-11-17-18)10-14(5,19)7-8-16-13(2,3)4/h11,16,19H,6-10H2,1-5H3. The Hall–Kier alpha value is -0.940.